The van der Waals surface area contributed by atoms with Crippen LogP contribution in [0.5, 0.6) is 5.75 Å². The van der Waals surface area contributed by atoms with Crippen LogP contribution in [0.3, 0.4) is 0 Å². The van der Waals surface area contributed by atoms with E-state index in [2.05, 4.69) is 16.4 Å². The van der Waals surface area contributed by atoms with Crippen LogP contribution in [0.25, 0.3) is 10.2 Å². The van der Waals surface area contributed by atoms with Crippen LogP contribution in [0.1, 0.15) is 10.6 Å². The Bertz CT molecular complexity index is 797. The van der Waals surface area contributed by atoms with E-state index in [9.17, 15) is 0 Å². The molecule has 4 nitrogen and oxygen atoms in total. The number of methoxy groups -OCH3 is 1. The molecule has 0 unspecified atom stereocenters. The van der Waals surface area contributed by atoms with Gasteiger partial charge in [-0.3, -0.25) is 0 Å². The van der Waals surface area contributed by atoms with Crippen molar-refractivity contribution in [2.45, 2.75) is 13.1 Å². The third-order valence-electron chi connectivity index (χ3n) is 3.66. The highest BCUT2D eigenvalue weighted by molar-refractivity contribution is 7.80. The van der Waals surface area contributed by atoms with E-state index >= 15 is 0 Å². The Kier molecular flexibility index (Phi) is 5.27. The molecule has 2 aromatic carbocycles. The fourth-order valence-electron chi connectivity index (χ4n) is 2.32. The molecule has 3 rings (SSSR count). The third-order valence-corrected chi connectivity index (χ3v) is 5.14. The standard InChI is InChI=1S/C18H19N3OS2/c1-21(12-17-20-15-5-3-4-6-16(15)24-17)18(23)19-11-13-7-9-14(22-2)10-8-13/h3-10H,11-12H2,1-2H3,(H,19,23). The molecule has 0 spiro atoms. The van der Waals surface area contributed by atoms with Crippen molar-refractivity contribution >= 4 is 38.9 Å². The van der Waals surface area contributed by atoms with Crippen molar-refractivity contribution in [2.24, 2.45) is 0 Å². The van der Waals surface area contributed by atoms with E-state index in [1.54, 1.807) is 18.4 Å². The van der Waals surface area contributed by atoms with Crippen LogP contribution in [0.4, 0.5) is 0 Å². The highest BCUT2D eigenvalue weighted by Crippen LogP contribution is 2.22. The SMILES string of the molecule is COc1ccc(CNC(=S)N(C)Cc2nc3ccccc3s2)cc1. The van der Waals surface area contributed by atoms with Crippen molar-refractivity contribution in [3.05, 3.63) is 59.1 Å². The molecule has 0 saturated heterocycles. The van der Waals surface area contributed by atoms with Gasteiger partial charge in [0.05, 0.1) is 23.9 Å². The molecule has 1 aromatic heterocycles. The van der Waals surface area contributed by atoms with Crippen molar-refractivity contribution < 1.29 is 4.74 Å². The van der Waals surface area contributed by atoms with Crippen molar-refractivity contribution in [2.75, 3.05) is 14.2 Å². The van der Waals surface area contributed by atoms with E-state index in [0.717, 1.165) is 21.8 Å². The molecule has 6 heteroatoms. The Morgan fingerprint density at radius 3 is 2.67 bits per heavy atom. The molecule has 0 saturated carbocycles. The van der Waals surface area contributed by atoms with Crippen LogP contribution in [0.15, 0.2) is 48.5 Å². The number of hydrogen-bond donors (Lipinski definition) is 1. The Morgan fingerprint density at radius 1 is 1.21 bits per heavy atom. The maximum Gasteiger partial charge on any atom is 0.169 e. The summed E-state index contributed by atoms with van der Waals surface area (Å²) >= 11 is 7.18. The molecule has 24 heavy (non-hydrogen) atoms. The average molecular weight is 358 g/mol. The van der Waals surface area contributed by atoms with Crippen molar-refractivity contribution in [1.82, 2.24) is 15.2 Å². The lowest BCUT2D eigenvalue weighted by atomic mass is 10.2. The average Bonchev–Trinajstić information content (AvgIpc) is 3.02. The fourth-order valence-corrected chi connectivity index (χ4v) is 3.48. The molecule has 0 amide bonds. The maximum atomic E-state index is 5.47. The molecule has 1 N–H and O–H groups in total. The number of nitrogens with one attached hydrogen (secondary N) is 1. The van der Waals surface area contributed by atoms with Crippen LogP contribution in [0, 0.1) is 0 Å². The molecule has 0 fully saturated rings. The van der Waals surface area contributed by atoms with Gasteiger partial charge in [-0.2, -0.15) is 0 Å². The van der Waals surface area contributed by atoms with Gasteiger partial charge in [0, 0.05) is 13.6 Å². The van der Waals surface area contributed by atoms with Gasteiger partial charge in [-0.15, -0.1) is 11.3 Å². The number of nitrogens with zero attached hydrogens (tertiary/aromatic N) is 2. The van der Waals surface area contributed by atoms with Gasteiger partial charge >= 0.3 is 0 Å². The van der Waals surface area contributed by atoms with Crippen LogP contribution in [-0.4, -0.2) is 29.2 Å². The second-order valence-corrected chi connectivity index (χ2v) is 6.94. The van der Waals surface area contributed by atoms with E-state index in [0.29, 0.717) is 18.2 Å². The summed E-state index contributed by atoms with van der Waals surface area (Å²) in [5.41, 5.74) is 2.20. The van der Waals surface area contributed by atoms with E-state index in [1.807, 2.05) is 54.4 Å². The van der Waals surface area contributed by atoms with Crippen LogP contribution in [-0.2, 0) is 13.1 Å². The third kappa shape index (κ3) is 4.01. The number of thiazole rings is 1. The van der Waals surface area contributed by atoms with Crippen molar-refractivity contribution in [3.63, 3.8) is 0 Å². The predicted molar refractivity (Wildman–Crippen MR) is 104 cm³/mol. The quantitative estimate of drug-likeness (QED) is 0.703. The van der Waals surface area contributed by atoms with E-state index < -0.39 is 0 Å². The molecular weight excluding hydrogens is 338 g/mol. The van der Waals surface area contributed by atoms with E-state index in [4.69, 9.17) is 17.0 Å². The summed E-state index contributed by atoms with van der Waals surface area (Å²) in [4.78, 5) is 6.66. The smallest absolute Gasteiger partial charge is 0.169 e. The number of hydrogen-bond acceptors (Lipinski definition) is 4. The molecule has 0 bridgehead atoms. The summed E-state index contributed by atoms with van der Waals surface area (Å²) < 4.78 is 6.37. The molecule has 0 aliphatic rings. The van der Waals surface area contributed by atoms with Crippen LogP contribution in [0.2, 0.25) is 0 Å². The first-order valence-corrected chi connectivity index (χ1v) is 8.84. The number of ether oxygens (including phenoxy) is 1. The molecule has 124 valence electrons. The number of fused-ring (bicyclic) bond motifs is 1. The summed E-state index contributed by atoms with van der Waals surface area (Å²) in [6, 6.07) is 16.1. The summed E-state index contributed by atoms with van der Waals surface area (Å²) in [5, 5.41) is 5.06. The molecule has 0 radical (unpaired) electrons. The highest BCUT2D eigenvalue weighted by atomic mass is 32.1. The second-order valence-electron chi connectivity index (χ2n) is 5.44. The van der Waals surface area contributed by atoms with Crippen molar-refractivity contribution in [3.8, 4) is 5.75 Å². The largest absolute Gasteiger partial charge is 0.497 e. The summed E-state index contributed by atoms with van der Waals surface area (Å²) in [7, 11) is 3.65. The fraction of sp³-hybridized carbons (Fsp3) is 0.222. The molecule has 0 aliphatic heterocycles. The molecule has 3 aromatic rings. The lowest BCUT2D eigenvalue weighted by molar-refractivity contribution is 0.414. The zero-order valence-corrected chi connectivity index (χ0v) is 15.3. The number of para-hydroxylation sites is 1. The van der Waals surface area contributed by atoms with Gasteiger partial charge in [-0.25, -0.2) is 4.98 Å². The van der Waals surface area contributed by atoms with Gasteiger partial charge in [0.25, 0.3) is 0 Å². The number of rotatable bonds is 5. The Balaban J connectivity index is 1.55. The first kappa shape index (κ1) is 16.7. The zero-order chi connectivity index (χ0) is 16.9. The summed E-state index contributed by atoms with van der Waals surface area (Å²) in [6.07, 6.45) is 0. The zero-order valence-electron chi connectivity index (χ0n) is 13.7. The lowest BCUT2D eigenvalue weighted by Crippen LogP contribution is -2.36. The molecule has 0 aliphatic carbocycles. The first-order valence-electron chi connectivity index (χ1n) is 7.62. The topological polar surface area (TPSA) is 37.4 Å². The Labute approximate surface area is 151 Å². The van der Waals surface area contributed by atoms with Gasteiger partial charge in [0.15, 0.2) is 5.11 Å². The van der Waals surface area contributed by atoms with Crippen LogP contribution < -0.4 is 10.1 Å². The second kappa shape index (κ2) is 7.59. The van der Waals surface area contributed by atoms with Gasteiger partial charge in [0.2, 0.25) is 0 Å². The number of aromatic nitrogens is 1. The normalized spacial score (nSPS) is 10.6. The summed E-state index contributed by atoms with van der Waals surface area (Å²) in [5.74, 6) is 0.856. The Hall–Kier alpha value is -2.18. The minimum absolute atomic E-state index is 0.688. The molecule has 0 atom stereocenters. The molecular formula is C18H19N3OS2. The van der Waals surface area contributed by atoms with E-state index in [-0.39, 0.29) is 0 Å². The van der Waals surface area contributed by atoms with Crippen LogP contribution >= 0.6 is 23.6 Å². The number of thiocarbonyl (C=S) groups is 1. The lowest BCUT2D eigenvalue weighted by Gasteiger charge is -2.20. The van der Waals surface area contributed by atoms with Gasteiger partial charge < -0.3 is 15.0 Å². The van der Waals surface area contributed by atoms with E-state index in [1.165, 1.54) is 4.70 Å². The number of benzene rings is 2. The minimum Gasteiger partial charge on any atom is -0.497 e. The van der Waals surface area contributed by atoms with Gasteiger partial charge in [-0.1, -0.05) is 24.3 Å². The maximum absolute atomic E-state index is 5.47. The first-order chi connectivity index (χ1) is 11.7. The van der Waals surface area contributed by atoms with Gasteiger partial charge in [-0.05, 0) is 42.0 Å². The predicted octanol–water partition coefficient (Wildman–Crippen LogP) is 3.81. The van der Waals surface area contributed by atoms with Gasteiger partial charge in [0.1, 0.15) is 10.8 Å². The summed E-state index contributed by atoms with van der Waals surface area (Å²) in [6.45, 7) is 1.39. The Morgan fingerprint density at radius 2 is 1.96 bits per heavy atom. The highest BCUT2D eigenvalue weighted by Gasteiger charge is 2.09. The monoisotopic (exact) mass is 357 g/mol. The van der Waals surface area contributed by atoms with Crippen molar-refractivity contribution in [1.29, 1.82) is 0 Å². The molecule has 1 heterocycles. The minimum atomic E-state index is 0.688.